The second-order valence-electron chi connectivity index (χ2n) is 4.22. The molecule has 1 rings (SSSR count). The van der Waals surface area contributed by atoms with Crippen molar-refractivity contribution in [2.75, 3.05) is 12.4 Å². The minimum atomic E-state index is 0.149. The van der Waals surface area contributed by atoms with Crippen molar-refractivity contribution < 1.29 is 5.11 Å². The van der Waals surface area contributed by atoms with Gasteiger partial charge in [-0.15, -0.1) is 16.9 Å². The molecule has 1 aromatic heterocycles. The molecule has 0 aliphatic carbocycles. The zero-order valence-electron chi connectivity index (χ0n) is 11.1. The zero-order valence-corrected chi connectivity index (χ0v) is 11.9. The Labute approximate surface area is 112 Å². The standard InChI is InChI=1S/C13H19N3OS/c1-4-10-11(6-14)13(16-15-12(10)5-2)18-8-9(3)7-17/h9,17H,4-5,7-8H2,1-3H3. The molecule has 5 heteroatoms. The Balaban J connectivity index is 3.02. The number of aliphatic hydroxyl groups is 1. The van der Waals surface area contributed by atoms with Crippen LogP contribution in [0.5, 0.6) is 0 Å². The van der Waals surface area contributed by atoms with Gasteiger partial charge in [-0.1, -0.05) is 20.8 Å². The average Bonchev–Trinajstić information content (AvgIpc) is 2.43. The van der Waals surface area contributed by atoms with Gasteiger partial charge in [0, 0.05) is 12.4 Å². The highest BCUT2D eigenvalue weighted by molar-refractivity contribution is 7.99. The van der Waals surface area contributed by atoms with Gasteiger partial charge >= 0.3 is 0 Å². The summed E-state index contributed by atoms with van der Waals surface area (Å²) < 4.78 is 0. The number of hydrogen-bond donors (Lipinski definition) is 1. The summed E-state index contributed by atoms with van der Waals surface area (Å²) in [4.78, 5) is 0. The monoisotopic (exact) mass is 265 g/mol. The molecule has 1 N–H and O–H groups in total. The molecule has 0 amide bonds. The maximum atomic E-state index is 9.29. The van der Waals surface area contributed by atoms with E-state index in [0.717, 1.165) is 29.9 Å². The molecular formula is C13H19N3OS. The Hall–Kier alpha value is -1.12. The second-order valence-corrected chi connectivity index (χ2v) is 5.23. The molecule has 1 atom stereocenters. The molecule has 0 radical (unpaired) electrons. The van der Waals surface area contributed by atoms with Crippen LogP contribution in [0.3, 0.4) is 0 Å². The summed E-state index contributed by atoms with van der Waals surface area (Å²) in [7, 11) is 0. The number of thioether (sulfide) groups is 1. The summed E-state index contributed by atoms with van der Waals surface area (Å²) in [5.41, 5.74) is 2.57. The van der Waals surface area contributed by atoms with E-state index in [9.17, 15) is 5.26 Å². The lowest BCUT2D eigenvalue weighted by molar-refractivity contribution is 0.250. The second kappa shape index (κ2) is 7.34. The van der Waals surface area contributed by atoms with Crippen molar-refractivity contribution in [1.82, 2.24) is 10.2 Å². The van der Waals surface area contributed by atoms with E-state index in [2.05, 4.69) is 16.3 Å². The van der Waals surface area contributed by atoms with Crippen molar-refractivity contribution in [2.24, 2.45) is 5.92 Å². The molecule has 18 heavy (non-hydrogen) atoms. The van der Waals surface area contributed by atoms with Crippen molar-refractivity contribution in [3.63, 3.8) is 0 Å². The Morgan fingerprint density at radius 3 is 2.56 bits per heavy atom. The minimum absolute atomic E-state index is 0.149. The molecule has 0 bridgehead atoms. The van der Waals surface area contributed by atoms with Gasteiger partial charge in [0.05, 0.1) is 11.3 Å². The van der Waals surface area contributed by atoms with Crippen LogP contribution < -0.4 is 0 Å². The molecule has 0 saturated heterocycles. The zero-order chi connectivity index (χ0) is 13.5. The van der Waals surface area contributed by atoms with Crippen molar-refractivity contribution in [2.45, 2.75) is 38.6 Å². The molecule has 0 aromatic carbocycles. The lowest BCUT2D eigenvalue weighted by Crippen LogP contribution is -2.07. The van der Waals surface area contributed by atoms with Gasteiger partial charge < -0.3 is 5.11 Å². The fourth-order valence-electron chi connectivity index (χ4n) is 1.64. The highest BCUT2D eigenvalue weighted by Crippen LogP contribution is 2.25. The average molecular weight is 265 g/mol. The van der Waals surface area contributed by atoms with Crippen molar-refractivity contribution in [3.8, 4) is 6.07 Å². The summed E-state index contributed by atoms with van der Waals surface area (Å²) in [5, 5.41) is 27.3. The quantitative estimate of drug-likeness (QED) is 0.798. The number of aromatic nitrogens is 2. The third-order valence-electron chi connectivity index (χ3n) is 2.74. The normalized spacial score (nSPS) is 12.2. The molecule has 1 aromatic rings. The van der Waals surface area contributed by atoms with Crippen molar-refractivity contribution in [1.29, 1.82) is 5.26 Å². The SMILES string of the molecule is CCc1nnc(SCC(C)CO)c(C#N)c1CC. The highest BCUT2D eigenvalue weighted by Gasteiger charge is 2.15. The number of hydrogen-bond acceptors (Lipinski definition) is 5. The van der Waals surface area contributed by atoms with Crippen LogP contribution in [0, 0.1) is 17.2 Å². The van der Waals surface area contributed by atoms with Gasteiger partial charge in [-0.05, 0) is 24.3 Å². The lowest BCUT2D eigenvalue weighted by atomic mass is 10.1. The number of nitriles is 1. The van der Waals surface area contributed by atoms with Crippen molar-refractivity contribution in [3.05, 3.63) is 16.8 Å². The highest BCUT2D eigenvalue weighted by atomic mass is 32.2. The Morgan fingerprint density at radius 1 is 1.33 bits per heavy atom. The molecule has 0 aliphatic heterocycles. The van der Waals surface area contributed by atoms with E-state index in [4.69, 9.17) is 5.11 Å². The topological polar surface area (TPSA) is 69.8 Å². The van der Waals surface area contributed by atoms with Gasteiger partial charge in [-0.25, -0.2) is 0 Å². The van der Waals surface area contributed by atoms with E-state index in [1.807, 2.05) is 20.8 Å². The summed E-state index contributed by atoms with van der Waals surface area (Å²) in [5.74, 6) is 0.938. The van der Waals surface area contributed by atoms with E-state index in [0.29, 0.717) is 10.6 Å². The molecule has 1 heterocycles. The predicted molar refractivity (Wildman–Crippen MR) is 72.5 cm³/mol. The van der Waals surface area contributed by atoms with Gasteiger partial charge in [0.15, 0.2) is 0 Å². The van der Waals surface area contributed by atoms with Crippen LogP contribution in [-0.4, -0.2) is 27.7 Å². The molecule has 0 saturated carbocycles. The van der Waals surface area contributed by atoms with Crippen LogP contribution >= 0.6 is 11.8 Å². The van der Waals surface area contributed by atoms with Crippen LogP contribution in [0.1, 0.15) is 37.6 Å². The Morgan fingerprint density at radius 2 is 2.06 bits per heavy atom. The van der Waals surface area contributed by atoms with Gasteiger partial charge in [0.2, 0.25) is 0 Å². The number of aryl methyl sites for hydroxylation is 1. The smallest absolute Gasteiger partial charge is 0.137 e. The van der Waals surface area contributed by atoms with Crippen LogP contribution in [0.4, 0.5) is 0 Å². The van der Waals surface area contributed by atoms with Gasteiger partial charge in [-0.3, -0.25) is 0 Å². The maximum Gasteiger partial charge on any atom is 0.137 e. The Bertz CT molecular complexity index is 443. The van der Waals surface area contributed by atoms with E-state index in [-0.39, 0.29) is 12.5 Å². The van der Waals surface area contributed by atoms with E-state index >= 15 is 0 Å². The lowest BCUT2D eigenvalue weighted by Gasteiger charge is -2.11. The first-order valence-corrected chi connectivity index (χ1v) is 7.18. The van der Waals surface area contributed by atoms with Gasteiger partial charge in [0.25, 0.3) is 0 Å². The summed E-state index contributed by atoms with van der Waals surface area (Å²) in [6.45, 7) is 6.16. The summed E-state index contributed by atoms with van der Waals surface area (Å²) in [6.07, 6.45) is 1.59. The van der Waals surface area contributed by atoms with Crippen LogP contribution in [-0.2, 0) is 12.8 Å². The van der Waals surface area contributed by atoms with Crippen LogP contribution in [0.25, 0.3) is 0 Å². The molecule has 1 unspecified atom stereocenters. The fourth-order valence-corrected chi connectivity index (χ4v) is 2.60. The van der Waals surface area contributed by atoms with Crippen LogP contribution in [0.15, 0.2) is 5.03 Å². The summed E-state index contributed by atoms with van der Waals surface area (Å²) >= 11 is 1.50. The van der Waals surface area contributed by atoms with Gasteiger partial charge in [0.1, 0.15) is 11.1 Å². The predicted octanol–water partition coefficient (Wildman–Crippen LogP) is 2.19. The first-order chi connectivity index (χ1) is 8.67. The largest absolute Gasteiger partial charge is 0.396 e. The Kier molecular flexibility index (Phi) is 6.10. The van der Waals surface area contributed by atoms with E-state index in [1.54, 1.807) is 0 Å². The number of aliphatic hydroxyl groups excluding tert-OH is 1. The van der Waals surface area contributed by atoms with Gasteiger partial charge in [-0.2, -0.15) is 10.4 Å². The molecule has 98 valence electrons. The van der Waals surface area contributed by atoms with E-state index < -0.39 is 0 Å². The molecule has 0 spiro atoms. The summed E-state index contributed by atoms with van der Waals surface area (Å²) in [6, 6.07) is 2.25. The number of rotatable bonds is 6. The first-order valence-electron chi connectivity index (χ1n) is 6.20. The molecular weight excluding hydrogens is 246 g/mol. The third kappa shape index (κ3) is 3.44. The van der Waals surface area contributed by atoms with Crippen LogP contribution in [0.2, 0.25) is 0 Å². The first kappa shape index (κ1) is 14.9. The molecule has 0 fully saturated rings. The maximum absolute atomic E-state index is 9.29. The number of nitrogens with zero attached hydrogens (tertiary/aromatic N) is 3. The van der Waals surface area contributed by atoms with Crippen molar-refractivity contribution >= 4 is 11.8 Å². The minimum Gasteiger partial charge on any atom is -0.396 e. The molecule has 0 aliphatic rings. The van der Waals surface area contributed by atoms with E-state index in [1.165, 1.54) is 11.8 Å². The molecule has 4 nitrogen and oxygen atoms in total. The third-order valence-corrected chi connectivity index (χ3v) is 4.04. The fraction of sp³-hybridized carbons (Fsp3) is 0.615.